The van der Waals surface area contributed by atoms with Gasteiger partial charge in [-0.1, -0.05) is 30.0 Å². The topological polar surface area (TPSA) is 67.6 Å². The lowest BCUT2D eigenvalue weighted by Crippen LogP contribution is -1.90. The van der Waals surface area contributed by atoms with E-state index in [0.29, 0.717) is 5.82 Å². The van der Waals surface area contributed by atoms with Crippen molar-refractivity contribution in [2.24, 2.45) is 0 Å². The minimum atomic E-state index is 0.696. The van der Waals surface area contributed by atoms with Crippen molar-refractivity contribution in [2.75, 3.05) is 5.73 Å². The molecule has 0 saturated heterocycles. The Kier molecular flexibility index (Phi) is 3.48. The summed E-state index contributed by atoms with van der Waals surface area (Å²) in [6, 6.07) is 19.9. The summed E-state index contributed by atoms with van der Waals surface area (Å²) in [6.45, 7) is 0. The number of aromatic nitrogens is 3. The fourth-order valence-corrected chi connectivity index (χ4v) is 3.15. The monoisotopic (exact) mass is 318 g/mol. The van der Waals surface area contributed by atoms with Crippen molar-refractivity contribution in [1.29, 1.82) is 0 Å². The Morgan fingerprint density at radius 3 is 2.61 bits per heavy atom. The molecule has 2 heterocycles. The Morgan fingerprint density at radius 1 is 0.957 bits per heavy atom. The van der Waals surface area contributed by atoms with Crippen molar-refractivity contribution in [3.63, 3.8) is 0 Å². The number of fused-ring (bicyclic) bond motifs is 1. The van der Waals surface area contributed by atoms with Crippen LogP contribution in [0.1, 0.15) is 0 Å². The van der Waals surface area contributed by atoms with Crippen LogP contribution < -0.4 is 5.73 Å². The van der Waals surface area contributed by atoms with Gasteiger partial charge in [0, 0.05) is 27.7 Å². The Labute approximate surface area is 137 Å². The maximum atomic E-state index is 5.72. The first kappa shape index (κ1) is 13.8. The van der Waals surface area contributed by atoms with Gasteiger partial charge < -0.3 is 10.7 Å². The predicted molar refractivity (Wildman–Crippen MR) is 94.3 cm³/mol. The van der Waals surface area contributed by atoms with E-state index in [0.717, 1.165) is 32.2 Å². The molecular formula is C18H14N4S. The highest BCUT2D eigenvalue weighted by atomic mass is 32.2. The van der Waals surface area contributed by atoms with Crippen LogP contribution in [0.25, 0.3) is 22.4 Å². The van der Waals surface area contributed by atoms with Crippen molar-refractivity contribution in [3.8, 4) is 11.5 Å². The number of H-pyrrole nitrogens is 1. The molecule has 0 bridgehead atoms. The number of hydrogen-bond donors (Lipinski definition) is 2. The Bertz CT molecular complexity index is 927. The molecule has 0 spiro atoms. The molecule has 0 amide bonds. The van der Waals surface area contributed by atoms with E-state index >= 15 is 0 Å². The number of nitrogens with two attached hydrogens (primary N) is 1. The maximum Gasteiger partial charge on any atom is 0.177 e. The van der Waals surface area contributed by atoms with Gasteiger partial charge in [-0.25, -0.2) is 9.97 Å². The average molecular weight is 318 g/mol. The van der Waals surface area contributed by atoms with Crippen molar-refractivity contribution < 1.29 is 0 Å². The normalized spacial score (nSPS) is 11.0. The van der Waals surface area contributed by atoms with Crippen molar-refractivity contribution in [2.45, 2.75) is 9.92 Å². The molecule has 4 aromatic rings. The first-order valence-corrected chi connectivity index (χ1v) is 8.04. The first-order valence-electron chi connectivity index (χ1n) is 7.22. The second-order valence-electron chi connectivity index (χ2n) is 5.16. The second kappa shape index (κ2) is 5.78. The van der Waals surface area contributed by atoms with Crippen LogP contribution in [0.5, 0.6) is 0 Å². The summed E-state index contributed by atoms with van der Waals surface area (Å²) in [7, 11) is 0. The molecule has 23 heavy (non-hydrogen) atoms. The molecule has 0 aliphatic heterocycles. The van der Waals surface area contributed by atoms with Gasteiger partial charge >= 0.3 is 0 Å². The second-order valence-corrected chi connectivity index (χ2v) is 6.25. The fourth-order valence-electron chi connectivity index (χ4n) is 2.38. The molecule has 4 nitrogen and oxygen atoms in total. The van der Waals surface area contributed by atoms with Crippen LogP contribution >= 0.6 is 11.8 Å². The third-order valence-electron chi connectivity index (χ3n) is 3.50. The van der Waals surface area contributed by atoms with Crippen LogP contribution in [-0.2, 0) is 0 Å². The van der Waals surface area contributed by atoms with Crippen LogP contribution in [0.3, 0.4) is 0 Å². The number of anilines is 1. The molecule has 2 aromatic carbocycles. The van der Waals surface area contributed by atoms with E-state index in [1.54, 1.807) is 18.0 Å². The Balaban J connectivity index is 1.66. The van der Waals surface area contributed by atoms with E-state index in [-0.39, 0.29) is 0 Å². The molecule has 0 saturated carbocycles. The smallest absolute Gasteiger partial charge is 0.177 e. The molecule has 2 aromatic heterocycles. The van der Waals surface area contributed by atoms with Crippen LogP contribution in [-0.4, -0.2) is 15.0 Å². The SMILES string of the molecule is Nc1ccc(Sc2ccnc(-c3cc4ccccc4[nH]3)n2)cc1. The van der Waals surface area contributed by atoms with Gasteiger partial charge in [0.05, 0.1) is 5.69 Å². The van der Waals surface area contributed by atoms with E-state index in [1.165, 1.54) is 0 Å². The highest BCUT2D eigenvalue weighted by Crippen LogP contribution is 2.28. The predicted octanol–water partition coefficient (Wildman–Crippen LogP) is 4.36. The molecule has 4 rings (SSSR count). The molecule has 3 N–H and O–H groups in total. The van der Waals surface area contributed by atoms with Crippen LogP contribution in [0, 0.1) is 0 Å². The molecule has 0 radical (unpaired) electrons. The summed E-state index contributed by atoms with van der Waals surface area (Å²) >= 11 is 1.59. The van der Waals surface area contributed by atoms with E-state index in [9.17, 15) is 0 Å². The van der Waals surface area contributed by atoms with Gasteiger partial charge in [-0.2, -0.15) is 0 Å². The molecular weight excluding hydrogens is 304 g/mol. The zero-order chi connectivity index (χ0) is 15.6. The number of hydrogen-bond acceptors (Lipinski definition) is 4. The van der Waals surface area contributed by atoms with E-state index in [1.807, 2.05) is 48.5 Å². The van der Waals surface area contributed by atoms with E-state index in [4.69, 9.17) is 5.73 Å². The van der Waals surface area contributed by atoms with Gasteiger partial charge in [0.15, 0.2) is 5.82 Å². The van der Waals surface area contributed by atoms with E-state index in [2.05, 4.69) is 27.1 Å². The summed E-state index contributed by atoms with van der Waals surface area (Å²) in [4.78, 5) is 13.5. The van der Waals surface area contributed by atoms with Gasteiger partial charge in [-0.3, -0.25) is 0 Å². The number of para-hydroxylation sites is 1. The highest BCUT2D eigenvalue weighted by molar-refractivity contribution is 7.99. The number of benzene rings is 2. The molecule has 0 unspecified atom stereocenters. The number of aromatic amines is 1. The molecule has 112 valence electrons. The van der Waals surface area contributed by atoms with Crippen molar-refractivity contribution >= 4 is 28.4 Å². The summed E-state index contributed by atoms with van der Waals surface area (Å²) in [5, 5.41) is 2.06. The standard InChI is InChI=1S/C18H14N4S/c19-13-5-7-14(8-6-13)23-17-9-10-20-18(22-17)16-11-12-3-1-2-4-15(12)21-16/h1-11,21H,19H2. The Morgan fingerprint density at radius 2 is 1.78 bits per heavy atom. The summed E-state index contributed by atoms with van der Waals surface area (Å²) < 4.78 is 0. The third kappa shape index (κ3) is 2.91. The summed E-state index contributed by atoms with van der Waals surface area (Å²) in [6.07, 6.45) is 1.79. The number of rotatable bonds is 3. The lowest BCUT2D eigenvalue weighted by molar-refractivity contribution is 1.05. The van der Waals surface area contributed by atoms with Crippen molar-refractivity contribution in [1.82, 2.24) is 15.0 Å². The third-order valence-corrected chi connectivity index (χ3v) is 4.45. The zero-order valence-electron chi connectivity index (χ0n) is 12.2. The summed E-state index contributed by atoms with van der Waals surface area (Å²) in [5.41, 5.74) is 8.49. The largest absolute Gasteiger partial charge is 0.399 e. The minimum absolute atomic E-state index is 0.696. The number of nitrogens with zero attached hydrogens (tertiary/aromatic N) is 2. The molecule has 0 atom stereocenters. The highest BCUT2D eigenvalue weighted by Gasteiger charge is 2.07. The van der Waals surface area contributed by atoms with Crippen LogP contribution in [0.4, 0.5) is 5.69 Å². The van der Waals surface area contributed by atoms with E-state index < -0.39 is 0 Å². The van der Waals surface area contributed by atoms with Crippen molar-refractivity contribution in [3.05, 3.63) is 66.9 Å². The van der Waals surface area contributed by atoms with Gasteiger partial charge in [-0.05, 0) is 42.5 Å². The fraction of sp³-hybridized carbons (Fsp3) is 0. The first-order chi connectivity index (χ1) is 11.3. The lowest BCUT2D eigenvalue weighted by atomic mass is 10.2. The zero-order valence-corrected chi connectivity index (χ0v) is 13.0. The lowest BCUT2D eigenvalue weighted by Gasteiger charge is -2.03. The molecule has 5 heteroatoms. The van der Waals surface area contributed by atoms with Gasteiger partial charge in [-0.15, -0.1) is 0 Å². The maximum absolute atomic E-state index is 5.72. The molecule has 0 fully saturated rings. The van der Waals surface area contributed by atoms with Gasteiger partial charge in [0.25, 0.3) is 0 Å². The molecule has 0 aliphatic rings. The summed E-state index contributed by atoms with van der Waals surface area (Å²) in [5.74, 6) is 0.696. The van der Waals surface area contributed by atoms with Crippen LogP contribution in [0.15, 0.2) is 76.8 Å². The number of nitrogen functional groups attached to an aromatic ring is 1. The van der Waals surface area contributed by atoms with Crippen LogP contribution in [0.2, 0.25) is 0 Å². The number of nitrogens with one attached hydrogen (secondary N) is 1. The quantitative estimate of drug-likeness (QED) is 0.435. The van der Waals surface area contributed by atoms with Gasteiger partial charge in [0.2, 0.25) is 0 Å². The molecule has 0 aliphatic carbocycles. The Hall–Kier alpha value is -2.79. The average Bonchev–Trinajstić information content (AvgIpc) is 3.01. The minimum Gasteiger partial charge on any atom is -0.399 e. The van der Waals surface area contributed by atoms with Gasteiger partial charge in [0.1, 0.15) is 5.03 Å².